The predicted octanol–water partition coefficient (Wildman–Crippen LogP) is 1.01. The van der Waals surface area contributed by atoms with Crippen LogP contribution in [0.15, 0.2) is 30.5 Å². The highest BCUT2D eigenvalue weighted by molar-refractivity contribution is 6.04. The van der Waals surface area contributed by atoms with E-state index in [4.69, 9.17) is 5.11 Å². The fraction of sp³-hybridized carbons (Fsp3) is 0. The first-order chi connectivity index (χ1) is 6.70. The Morgan fingerprint density at radius 3 is 2.79 bits per heavy atom. The molecule has 0 unspecified atom stereocenters. The maximum Gasteiger partial charge on any atom is 0.335 e. The number of fused-ring (bicyclic) bond motifs is 1. The highest BCUT2D eigenvalue weighted by Crippen LogP contribution is 2.22. The highest BCUT2D eigenvalue weighted by Gasteiger charge is 2.09. The zero-order valence-electron chi connectivity index (χ0n) is 7.10. The predicted molar refractivity (Wildman–Crippen MR) is 48.1 cm³/mol. The van der Waals surface area contributed by atoms with Gasteiger partial charge in [-0.1, -0.05) is 23.9 Å². The van der Waals surface area contributed by atoms with E-state index in [1.54, 1.807) is 24.3 Å². The van der Waals surface area contributed by atoms with Gasteiger partial charge in [-0.05, 0) is 6.07 Å². The second kappa shape index (κ2) is 2.99. The smallest absolute Gasteiger partial charge is 0.335 e. The number of nitrogens with zero attached hydrogens (tertiary/aromatic N) is 1. The third-order valence-corrected chi connectivity index (χ3v) is 1.95. The van der Waals surface area contributed by atoms with E-state index in [2.05, 4.69) is 4.98 Å². The summed E-state index contributed by atoms with van der Waals surface area (Å²) in [6.07, 6.45) is 1.03. The zero-order valence-corrected chi connectivity index (χ0v) is 7.10. The summed E-state index contributed by atoms with van der Waals surface area (Å²) in [4.78, 5) is 14.7. The Morgan fingerprint density at radius 1 is 1.36 bits per heavy atom. The van der Waals surface area contributed by atoms with Crippen LogP contribution >= 0.6 is 0 Å². The molecule has 0 atom stereocenters. The Balaban J connectivity index is 2.90. The van der Waals surface area contributed by atoms with Crippen LogP contribution in [0.3, 0.4) is 0 Å². The quantitative estimate of drug-likeness (QED) is 0.724. The number of carbonyl (C=O) groups is 1. The summed E-state index contributed by atoms with van der Waals surface area (Å²) >= 11 is 0. The van der Waals surface area contributed by atoms with Gasteiger partial charge < -0.3 is 10.2 Å². The number of hydrogen-bond acceptors (Lipinski definition) is 3. The summed E-state index contributed by atoms with van der Waals surface area (Å²) in [5.41, 5.74) is 0.306. The van der Waals surface area contributed by atoms with Gasteiger partial charge in [0.2, 0.25) is 0 Å². The van der Waals surface area contributed by atoms with Gasteiger partial charge in [-0.3, -0.25) is 4.98 Å². The first-order valence-corrected chi connectivity index (χ1v) is 3.98. The fourth-order valence-corrected chi connectivity index (χ4v) is 1.34. The van der Waals surface area contributed by atoms with Crippen molar-refractivity contribution in [2.45, 2.75) is 0 Å². The molecule has 0 radical (unpaired) electrons. The van der Waals surface area contributed by atoms with E-state index in [1.807, 2.05) is 0 Å². The van der Waals surface area contributed by atoms with Crippen LogP contribution in [-0.4, -0.2) is 16.1 Å². The van der Waals surface area contributed by atoms with Gasteiger partial charge in [0.1, 0.15) is 0 Å². The molecule has 0 amide bonds. The normalized spacial score (nSPS) is 10.3. The summed E-state index contributed by atoms with van der Waals surface area (Å²) < 4.78 is 0. The number of hydrogen-bond donors (Lipinski definition) is 1. The molecular formula is C10H6NO3-. The summed E-state index contributed by atoms with van der Waals surface area (Å²) in [5.74, 6) is -1.77. The van der Waals surface area contributed by atoms with Crippen molar-refractivity contribution >= 4 is 16.9 Å². The van der Waals surface area contributed by atoms with E-state index in [1.165, 1.54) is 0 Å². The SMILES string of the molecule is O=C(O)c1c([O-])cnc2ccccc12. The van der Waals surface area contributed by atoms with Crippen LogP contribution in [0, 0.1) is 0 Å². The Kier molecular flexibility index (Phi) is 1.81. The minimum atomic E-state index is -1.21. The van der Waals surface area contributed by atoms with Crippen molar-refractivity contribution < 1.29 is 15.0 Å². The van der Waals surface area contributed by atoms with Gasteiger partial charge in [-0.15, -0.1) is 0 Å². The number of para-hydroxylation sites is 1. The molecule has 0 aliphatic rings. The number of carboxylic acids is 1. The van der Waals surface area contributed by atoms with Crippen LogP contribution in [0.2, 0.25) is 0 Å². The molecule has 1 aromatic carbocycles. The van der Waals surface area contributed by atoms with E-state index >= 15 is 0 Å². The molecular weight excluding hydrogens is 182 g/mol. The summed E-state index contributed by atoms with van der Waals surface area (Å²) in [6.45, 7) is 0. The fourth-order valence-electron chi connectivity index (χ4n) is 1.34. The Morgan fingerprint density at radius 2 is 2.07 bits per heavy atom. The molecule has 0 saturated heterocycles. The topological polar surface area (TPSA) is 73.2 Å². The molecule has 0 aliphatic heterocycles. The molecule has 14 heavy (non-hydrogen) atoms. The minimum Gasteiger partial charge on any atom is -0.871 e. The maximum absolute atomic E-state index is 11.2. The molecule has 0 bridgehead atoms. The van der Waals surface area contributed by atoms with E-state index in [0.717, 1.165) is 6.20 Å². The van der Waals surface area contributed by atoms with Crippen molar-refractivity contribution in [2.75, 3.05) is 0 Å². The second-order valence-corrected chi connectivity index (χ2v) is 2.82. The number of pyridine rings is 1. The monoisotopic (exact) mass is 188 g/mol. The van der Waals surface area contributed by atoms with E-state index in [0.29, 0.717) is 10.9 Å². The van der Waals surface area contributed by atoms with Crippen molar-refractivity contribution in [3.05, 3.63) is 36.0 Å². The molecule has 2 rings (SSSR count). The van der Waals surface area contributed by atoms with Gasteiger partial charge in [-0.2, -0.15) is 0 Å². The Hall–Kier alpha value is -2.10. The summed E-state index contributed by atoms with van der Waals surface area (Å²) in [7, 11) is 0. The largest absolute Gasteiger partial charge is 0.871 e. The first kappa shape index (κ1) is 8.50. The number of benzene rings is 1. The van der Waals surface area contributed by atoms with Gasteiger partial charge in [-0.25, -0.2) is 4.79 Å². The lowest BCUT2D eigenvalue weighted by molar-refractivity contribution is -0.269. The van der Waals surface area contributed by atoms with Crippen LogP contribution in [0.1, 0.15) is 10.4 Å². The lowest BCUT2D eigenvalue weighted by atomic mass is 10.1. The van der Waals surface area contributed by atoms with Gasteiger partial charge in [0.05, 0.1) is 11.1 Å². The summed E-state index contributed by atoms with van der Waals surface area (Å²) in [5, 5.41) is 20.4. The van der Waals surface area contributed by atoms with E-state index in [-0.39, 0.29) is 5.56 Å². The minimum absolute atomic E-state index is 0.212. The van der Waals surface area contributed by atoms with Crippen LogP contribution in [-0.2, 0) is 0 Å². The van der Waals surface area contributed by atoms with Crippen LogP contribution in [0.4, 0.5) is 0 Å². The molecule has 2 aromatic rings. The molecule has 0 aliphatic carbocycles. The van der Waals surface area contributed by atoms with E-state index < -0.39 is 11.7 Å². The number of rotatable bonds is 1. The maximum atomic E-state index is 11.2. The van der Waals surface area contributed by atoms with Gasteiger partial charge in [0.15, 0.2) is 0 Å². The van der Waals surface area contributed by atoms with Crippen LogP contribution in [0.5, 0.6) is 5.75 Å². The number of aromatic carboxylic acids is 1. The van der Waals surface area contributed by atoms with Crippen molar-refractivity contribution in [2.24, 2.45) is 0 Å². The number of aromatic nitrogens is 1. The van der Waals surface area contributed by atoms with Crippen LogP contribution < -0.4 is 5.11 Å². The molecule has 1 aromatic heterocycles. The summed E-state index contributed by atoms with van der Waals surface area (Å²) in [6, 6.07) is 6.66. The van der Waals surface area contributed by atoms with Crippen LogP contribution in [0.25, 0.3) is 10.9 Å². The Bertz CT molecular complexity index is 508. The molecule has 0 spiro atoms. The molecule has 0 fully saturated rings. The molecule has 1 heterocycles. The molecule has 4 nitrogen and oxygen atoms in total. The molecule has 0 saturated carbocycles. The highest BCUT2D eigenvalue weighted by atomic mass is 16.4. The Labute approximate surface area is 79.4 Å². The second-order valence-electron chi connectivity index (χ2n) is 2.82. The molecule has 70 valence electrons. The van der Waals surface area contributed by atoms with Crippen molar-refractivity contribution in [3.63, 3.8) is 0 Å². The third-order valence-electron chi connectivity index (χ3n) is 1.95. The van der Waals surface area contributed by atoms with Crippen molar-refractivity contribution in [3.8, 4) is 5.75 Å². The lowest BCUT2D eigenvalue weighted by Crippen LogP contribution is -2.05. The van der Waals surface area contributed by atoms with Gasteiger partial charge >= 0.3 is 5.97 Å². The van der Waals surface area contributed by atoms with Gasteiger partial charge in [0, 0.05) is 11.6 Å². The van der Waals surface area contributed by atoms with Crippen molar-refractivity contribution in [1.29, 1.82) is 0 Å². The molecule has 4 heteroatoms. The third kappa shape index (κ3) is 1.17. The average Bonchev–Trinajstić information content (AvgIpc) is 2.17. The lowest BCUT2D eigenvalue weighted by Gasteiger charge is -2.11. The van der Waals surface area contributed by atoms with E-state index in [9.17, 15) is 9.90 Å². The number of carboxylic acid groups (broad SMARTS) is 1. The zero-order chi connectivity index (χ0) is 10.1. The standard InChI is InChI=1S/C10H7NO3/c12-8-5-11-7-4-2-1-3-6(7)9(8)10(13)14/h1-5,12H,(H,13,14)/p-1. The van der Waals surface area contributed by atoms with Gasteiger partial charge in [0.25, 0.3) is 0 Å². The first-order valence-electron chi connectivity index (χ1n) is 3.98. The average molecular weight is 188 g/mol. The van der Waals surface area contributed by atoms with Crippen molar-refractivity contribution in [1.82, 2.24) is 4.98 Å². The molecule has 1 N–H and O–H groups in total.